The van der Waals surface area contributed by atoms with E-state index in [0.717, 1.165) is 30.2 Å². The Labute approximate surface area is 170 Å². The summed E-state index contributed by atoms with van der Waals surface area (Å²) < 4.78 is 5.52. The Morgan fingerprint density at radius 2 is 2.04 bits per heavy atom. The van der Waals surface area contributed by atoms with Crippen LogP contribution in [0.1, 0.15) is 50.2 Å². The van der Waals surface area contributed by atoms with Gasteiger partial charge in [0.15, 0.2) is 11.5 Å². The minimum Gasteiger partial charge on any atom is -0.504 e. The Bertz CT molecular complexity index is 796. The molecule has 1 aromatic carbocycles. The van der Waals surface area contributed by atoms with Gasteiger partial charge in [-0.1, -0.05) is 25.3 Å². The number of benzene rings is 1. The number of hydrogen-bond donors (Lipinski definition) is 1. The lowest BCUT2D eigenvalue weighted by Gasteiger charge is -2.25. The lowest BCUT2D eigenvalue weighted by atomic mass is 9.89. The molecule has 6 heteroatoms. The maximum atomic E-state index is 12.8. The maximum Gasteiger partial charge on any atom is 0.293 e. The number of phenolic OH excluding ortho intramolecular Hbond substituents is 1. The molecule has 0 bridgehead atoms. The van der Waals surface area contributed by atoms with Crippen LogP contribution in [0.3, 0.4) is 0 Å². The van der Waals surface area contributed by atoms with Crippen molar-refractivity contribution in [3.05, 3.63) is 40.8 Å². The maximum absolute atomic E-state index is 12.8. The van der Waals surface area contributed by atoms with Crippen LogP contribution >= 0.6 is 11.8 Å². The number of amides is 2. The van der Waals surface area contributed by atoms with Crippen LogP contribution in [-0.4, -0.2) is 34.3 Å². The Balaban J connectivity index is 1.83. The molecular weight excluding hydrogens is 374 g/mol. The first-order valence-electron chi connectivity index (χ1n) is 9.88. The number of thioether (sulfide) groups is 1. The summed E-state index contributed by atoms with van der Waals surface area (Å²) in [6.07, 6.45) is 9.66. The monoisotopic (exact) mass is 401 g/mol. The predicted octanol–water partition coefficient (Wildman–Crippen LogP) is 5.14. The van der Waals surface area contributed by atoms with E-state index in [4.69, 9.17) is 4.74 Å². The van der Waals surface area contributed by atoms with Crippen LogP contribution < -0.4 is 4.74 Å². The van der Waals surface area contributed by atoms with Crippen molar-refractivity contribution in [2.24, 2.45) is 5.92 Å². The topological polar surface area (TPSA) is 66.8 Å². The van der Waals surface area contributed by atoms with Gasteiger partial charge in [-0.25, -0.2) is 0 Å². The zero-order valence-corrected chi connectivity index (χ0v) is 17.1. The van der Waals surface area contributed by atoms with Crippen LogP contribution in [0.15, 0.2) is 29.7 Å². The van der Waals surface area contributed by atoms with Crippen LogP contribution in [0, 0.1) is 5.92 Å². The summed E-state index contributed by atoms with van der Waals surface area (Å²) in [7, 11) is 0. The molecule has 28 heavy (non-hydrogen) atoms. The van der Waals surface area contributed by atoms with Crippen molar-refractivity contribution in [2.75, 3.05) is 13.2 Å². The summed E-state index contributed by atoms with van der Waals surface area (Å²) in [6, 6.07) is 3.50. The number of aromatic hydroxyl groups is 1. The highest BCUT2D eigenvalue weighted by Gasteiger charge is 2.36. The third-order valence-corrected chi connectivity index (χ3v) is 6.08. The summed E-state index contributed by atoms with van der Waals surface area (Å²) in [5.41, 5.74) is 1.40. The fourth-order valence-electron chi connectivity index (χ4n) is 3.79. The molecule has 0 spiro atoms. The molecule has 1 heterocycles. The molecule has 0 atom stereocenters. The van der Waals surface area contributed by atoms with E-state index < -0.39 is 0 Å². The first-order valence-corrected chi connectivity index (χ1v) is 10.7. The highest BCUT2D eigenvalue weighted by Crippen LogP contribution is 2.37. The number of ether oxygens (including phenoxy) is 1. The molecule has 2 fully saturated rings. The molecule has 1 saturated heterocycles. The first kappa shape index (κ1) is 20.5. The molecule has 1 N–H and O–H groups in total. The average Bonchev–Trinajstić information content (AvgIpc) is 2.94. The van der Waals surface area contributed by atoms with Crippen molar-refractivity contribution in [3.63, 3.8) is 0 Å². The van der Waals surface area contributed by atoms with Gasteiger partial charge in [0, 0.05) is 12.1 Å². The molecule has 2 aliphatic rings. The van der Waals surface area contributed by atoms with Gasteiger partial charge in [-0.2, -0.15) is 0 Å². The number of carbonyl (C=O) groups is 2. The third kappa shape index (κ3) is 4.61. The van der Waals surface area contributed by atoms with Crippen molar-refractivity contribution in [1.82, 2.24) is 4.90 Å². The molecule has 1 aromatic rings. The van der Waals surface area contributed by atoms with E-state index in [9.17, 15) is 14.7 Å². The van der Waals surface area contributed by atoms with Crippen molar-refractivity contribution in [1.29, 1.82) is 0 Å². The van der Waals surface area contributed by atoms with Crippen molar-refractivity contribution >= 4 is 29.0 Å². The minimum atomic E-state index is -0.225. The van der Waals surface area contributed by atoms with Gasteiger partial charge in [-0.3, -0.25) is 14.5 Å². The molecule has 1 aliphatic carbocycles. The summed E-state index contributed by atoms with van der Waals surface area (Å²) in [5, 5.41) is 10.1. The van der Waals surface area contributed by atoms with Gasteiger partial charge in [0.05, 0.1) is 11.5 Å². The molecule has 1 aliphatic heterocycles. The van der Waals surface area contributed by atoms with Gasteiger partial charge < -0.3 is 9.84 Å². The molecule has 0 radical (unpaired) electrons. The molecular formula is C22H27NO4S. The average molecular weight is 402 g/mol. The fraction of sp³-hybridized carbons (Fsp3) is 0.455. The number of hydrogen-bond acceptors (Lipinski definition) is 5. The van der Waals surface area contributed by atoms with Crippen molar-refractivity contribution in [2.45, 2.75) is 45.4 Å². The molecule has 1 saturated carbocycles. The number of carbonyl (C=O) groups excluding carboxylic acids is 2. The van der Waals surface area contributed by atoms with Gasteiger partial charge in [-0.15, -0.1) is 6.58 Å². The van der Waals surface area contributed by atoms with E-state index in [2.05, 4.69) is 6.58 Å². The molecule has 5 nitrogen and oxygen atoms in total. The molecule has 2 amide bonds. The highest BCUT2D eigenvalue weighted by atomic mass is 32.2. The van der Waals surface area contributed by atoms with Crippen LogP contribution in [0.25, 0.3) is 6.08 Å². The van der Waals surface area contributed by atoms with E-state index in [-0.39, 0.29) is 16.9 Å². The number of phenols is 1. The lowest BCUT2D eigenvalue weighted by molar-refractivity contribution is -0.123. The van der Waals surface area contributed by atoms with Gasteiger partial charge in [-0.05, 0) is 67.6 Å². The second-order valence-corrected chi connectivity index (χ2v) is 8.24. The van der Waals surface area contributed by atoms with Crippen LogP contribution in [-0.2, 0) is 11.2 Å². The van der Waals surface area contributed by atoms with Gasteiger partial charge in [0.1, 0.15) is 0 Å². The second kappa shape index (κ2) is 9.32. The Morgan fingerprint density at radius 1 is 1.29 bits per heavy atom. The third-order valence-electron chi connectivity index (χ3n) is 5.18. The highest BCUT2D eigenvalue weighted by molar-refractivity contribution is 8.18. The minimum absolute atomic E-state index is 0.0873. The fourth-order valence-corrected chi connectivity index (χ4v) is 4.63. The van der Waals surface area contributed by atoms with E-state index in [1.54, 1.807) is 24.3 Å². The predicted molar refractivity (Wildman–Crippen MR) is 112 cm³/mol. The molecule has 0 aromatic heterocycles. The van der Waals surface area contributed by atoms with Crippen LogP contribution in [0.2, 0.25) is 0 Å². The molecule has 150 valence electrons. The largest absolute Gasteiger partial charge is 0.504 e. The lowest BCUT2D eigenvalue weighted by Crippen LogP contribution is -2.34. The summed E-state index contributed by atoms with van der Waals surface area (Å²) in [5.74, 6) is 0.648. The summed E-state index contributed by atoms with van der Waals surface area (Å²) >= 11 is 0.983. The first-order chi connectivity index (χ1) is 13.5. The SMILES string of the molecule is C=CCc1cc(/C=C2/SC(=O)N(CC3CCCCC3)C2=O)cc(OCC)c1O. The van der Waals surface area contributed by atoms with Gasteiger partial charge >= 0.3 is 0 Å². The Hall–Kier alpha value is -2.21. The number of allylic oxidation sites excluding steroid dienone is 1. The number of rotatable bonds is 7. The van der Waals surface area contributed by atoms with E-state index in [1.807, 2.05) is 6.92 Å². The standard InChI is InChI=1S/C22H27NO4S/c1-3-8-17-11-16(12-18(20(17)24)27-4-2)13-19-21(25)23(22(26)28-19)14-15-9-6-5-7-10-15/h3,11-13,15,24H,1,4-10,14H2,2H3/b19-13+. The van der Waals surface area contributed by atoms with Crippen molar-refractivity contribution in [3.8, 4) is 11.5 Å². The van der Waals surface area contributed by atoms with Crippen LogP contribution in [0.5, 0.6) is 11.5 Å². The van der Waals surface area contributed by atoms with E-state index in [0.29, 0.717) is 41.7 Å². The second-order valence-electron chi connectivity index (χ2n) is 7.25. The summed E-state index contributed by atoms with van der Waals surface area (Å²) in [4.78, 5) is 27.0. The van der Waals surface area contributed by atoms with Crippen LogP contribution in [0.4, 0.5) is 4.79 Å². The summed E-state index contributed by atoms with van der Waals surface area (Å²) in [6.45, 7) is 6.50. The van der Waals surface area contributed by atoms with Crippen molar-refractivity contribution < 1.29 is 19.4 Å². The molecule has 0 unspecified atom stereocenters. The normalized spacial score (nSPS) is 19.5. The molecule has 3 rings (SSSR count). The van der Waals surface area contributed by atoms with E-state index >= 15 is 0 Å². The Morgan fingerprint density at radius 3 is 2.71 bits per heavy atom. The Kier molecular flexibility index (Phi) is 6.83. The number of imide groups is 1. The quantitative estimate of drug-likeness (QED) is 0.506. The zero-order valence-electron chi connectivity index (χ0n) is 16.3. The van der Waals surface area contributed by atoms with Gasteiger partial charge in [0.25, 0.3) is 11.1 Å². The number of nitrogens with zero attached hydrogens (tertiary/aromatic N) is 1. The van der Waals surface area contributed by atoms with Gasteiger partial charge in [0.2, 0.25) is 0 Å². The zero-order chi connectivity index (χ0) is 20.1. The smallest absolute Gasteiger partial charge is 0.293 e. The van der Waals surface area contributed by atoms with E-state index in [1.165, 1.54) is 24.2 Å².